The van der Waals surface area contributed by atoms with Gasteiger partial charge in [-0.05, 0) is 53.1 Å². The molecule has 0 amide bonds. The molecule has 0 aliphatic carbocycles. The number of hydrogen-bond donors (Lipinski definition) is 1. The summed E-state index contributed by atoms with van der Waals surface area (Å²) < 4.78 is 0. The summed E-state index contributed by atoms with van der Waals surface area (Å²) in [5, 5.41) is 0. The lowest BCUT2D eigenvalue weighted by Gasteiger charge is -2.51. The van der Waals surface area contributed by atoms with Crippen LogP contribution in [0.2, 0.25) is 0 Å². The largest absolute Gasteiger partial charge is 0.329 e. The first-order chi connectivity index (χ1) is 8.54. The lowest BCUT2D eigenvalue weighted by molar-refractivity contribution is -0.00550. The highest BCUT2D eigenvalue weighted by Gasteiger charge is 2.48. The SMILES string of the molecule is CCCC(C)N(C)C1(CN)CC2CCC(C1)N2C. The highest BCUT2D eigenvalue weighted by Crippen LogP contribution is 2.42. The minimum Gasteiger partial charge on any atom is -0.329 e. The van der Waals surface area contributed by atoms with Crippen LogP contribution in [0.4, 0.5) is 0 Å². The molecule has 3 nitrogen and oxygen atoms in total. The molecule has 3 heteroatoms. The molecule has 0 radical (unpaired) electrons. The molecule has 2 saturated heterocycles. The predicted molar refractivity (Wildman–Crippen MR) is 77.7 cm³/mol. The van der Waals surface area contributed by atoms with E-state index in [1.165, 1.54) is 38.5 Å². The van der Waals surface area contributed by atoms with Crippen molar-refractivity contribution in [3.63, 3.8) is 0 Å². The highest BCUT2D eigenvalue weighted by atomic mass is 15.3. The first-order valence-electron chi connectivity index (χ1n) is 7.69. The molecule has 2 N–H and O–H groups in total. The van der Waals surface area contributed by atoms with Crippen molar-refractivity contribution in [2.75, 3.05) is 20.6 Å². The van der Waals surface area contributed by atoms with Crippen molar-refractivity contribution < 1.29 is 0 Å². The van der Waals surface area contributed by atoms with Gasteiger partial charge in [0.15, 0.2) is 0 Å². The summed E-state index contributed by atoms with van der Waals surface area (Å²) in [5.41, 5.74) is 6.47. The van der Waals surface area contributed by atoms with Crippen molar-refractivity contribution in [1.29, 1.82) is 0 Å². The summed E-state index contributed by atoms with van der Waals surface area (Å²) in [7, 11) is 4.61. The average Bonchev–Trinajstić information content (AvgIpc) is 2.61. The number of likely N-dealkylation sites (N-methyl/N-ethyl adjacent to an activating group) is 1. The summed E-state index contributed by atoms with van der Waals surface area (Å²) in [4.78, 5) is 5.21. The number of nitrogens with two attached hydrogens (primary N) is 1. The lowest BCUT2D eigenvalue weighted by Crippen LogP contribution is -2.62. The molecule has 2 aliphatic heterocycles. The zero-order valence-corrected chi connectivity index (χ0v) is 12.7. The molecule has 2 aliphatic rings. The fourth-order valence-electron chi connectivity index (χ4n) is 4.22. The Labute approximate surface area is 113 Å². The normalized spacial score (nSPS) is 38.3. The van der Waals surface area contributed by atoms with Gasteiger partial charge in [0.2, 0.25) is 0 Å². The van der Waals surface area contributed by atoms with Gasteiger partial charge in [0.1, 0.15) is 0 Å². The maximum Gasteiger partial charge on any atom is 0.0361 e. The average molecular weight is 253 g/mol. The van der Waals surface area contributed by atoms with E-state index in [-0.39, 0.29) is 5.54 Å². The van der Waals surface area contributed by atoms with Crippen LogP contribution in [-0.2, 0) is 0 Å². The summed E-state index contributed by atoms with van der Waals surface area (Å²) in [6.45, 7) is 5.46. The molecule has 0 saturated carbocycles. The molecule has 106 valence electrons. The third-order valence-electron chi connectivity index (χ3n) is 5.71. The Balaban J connectivity index is 2.12. The van der Waals surface area contributed by atoms with Gasteiger partial charge in [0.05, 0.1) is 0 Å². The fourth-order valence-corrected chi connectivity index (χ4v) is 4.22. The molecule has 2 fully saturated rings. The smallest absolute Gasteiger partial charge is 0.0361 e. The fraction of sp³-hybridized carbons (Fsp3) is 1.00. The van der Waals surface area contributed by atoms with Crippen molar-refractivity contribution in [3.8, 4) is 0 Å². The van der Waals surface area contributed by atoms with Crippen LogP contribution in [0.1, 0.15) is 52.4 Å². The summed E-state index contributed by atoms with van der Waals surface area (Å²) in [6, 6.07) is 2.19. The van der Waals surface area contributed by atoms with Crippen molar-refractivity contribution in [3.05, 3.63) is 0 Å². The van der Waals surface area contributed by atoms with Crippen LogP contribution in [0.3, 0.4) is 0 Å². The quantitative estimate of drug-likeness (QED) is 0.814. The van der Waals surface area contributed by atoms with Crippen LogP contribution in [0, 0.1) is 0 Å². The molecule has 3 unspecified atom stereocenters. The maximum atomic E-state index is 6.21. The molecule has 0 aromatic rings. The van der Waals surface area contributed by atoms with Gasteiger partial charge in [0, 0.05) is 30.2 Å². The lowest BCUT2D eigenvalue weighted by atomic mass is 9.80. The van der Waals surface area contributed by atoms with E-state index in [4.69, 9.17) is 5.73 Å². The second kappa shape index (κ2) is 5.48. The minimum absolute atomic E-state index is 0.257. The maximum absolute atomic E-state index is 6.21. The first-order valence-corrected chi connectivity index (χ1v) is 7.69. The van der Waals surface area contributed by atoms with Crippen LogP contribution >= 0.6 is 0 Å². The van der Waals surface area contributed by atoms with E-state index in [2.05, 4.69) is 37.7 Å². The number of rotatable bonds is 5. The second-order valence-electron chi connectivity index (χ2n) is 6.64. The molecular formula is C15H31N3. The van der Waals surface area contributed by atoms with Crippen molar-refractivity contribution in [2.24, 2.45) is 5.73 Å². The molecule has 2 heterocycles. The van der Waals surface area contributed by atoms with Crippen LogP contribution in [0.25, 0.3) is 0 Å². The Morgan fingerprint density at radius 2 is 1.89 bits per heavy atom. The van der Waals surface area contributed by atoms with Gasteiger partial charge in [-0.1, -0.05) is 13.3 Å². The number of piperidine rings is 1. The Hall–Kier alpha value is -0.120. The van der Waals surface area contributed by atoms with E-state index in [1.807, 2.05) is 0 Å². The molecule has 0 spiro atoms. The van der Waals surface area contributed by atoms with Crippen LogP contribution < -0.4 is 5.73 Å². The van der Waals surface area contributed by atoms with Crippen LogP contribution in [0.15, 0.2) is 0 Å². The van der Waals surface area contributed by atoms with Crippen LogP contribution in [0.5, 0.6) is 0 Å². The molecule has 0 aromatic carbocycles. The summed E-state index contributed by atoms with van der Waals surface area (Å²) in [6.07, 6.45) is 7.82. The molecular weight excluding hydrogens is 222 g/mol. The van der Waals surface area contributed by atoms with Crippen molar-refractivity contribution >= 4 is 0 Å². The second-order valence-corrected chi connectivity index (χ2v) is 6.64. The first kappa shape index (κ1) is 14.3. The number of hydrogen-bond acceptors (Lipinski definition) is 3. The van der Waals surface area contributed by atoms with E-state index in [0.29, 0.717) is 6.04 Å². The molecule has 2 rings (SSSR count). The van der Waals surface area contributed by atoms with Crippen molar-refractivity contribution in [1.82, 2.24) is 9.80 Å². The van der Waals surface area contributed by atoms with E-state index in [0.717, 1.165) is 18.6 Å². The monoisotopic (exact) mass is 253 g/mol. The van der Waals surface area contributed by atoms with Gasteiger partial charge in [-0.3, -0.25) is 4.90 Å². The van der Waals surface area contributed by atoms with Gasteiger partial charge >= 0.3 is 0 Å². The topological polar surface area (TPSA) is 32.5 Å². The van der Waals surface area contributed by atoms with E-state index in [9.17, 15) is 0 Å². The zero-order chi connectivity index (χ0) is 13.3. The van der Waals surface area contributed by atoms with Gasteiger partial charge in [-0.2, -0.15) is 0 Å². The third-order valence-corrected chi connectivity index (χ3v) is 5.71. The van der Waals surface area contributed by atoms with Crippen LogP contribution in [-0.4, -0.2) is 54.1 Å². The van der Waals surface area contributed by atoms with E-state index in [1.54, 1.807) is 0 Å². The Kier molecular flexibility index (Phi) is 4.35. The number of nitrogens with zero attached hydrogens (tertiary/aromatic N) is 2. The molecule has 3 atom stereocenters. The Morgan fingerprint density at radius 3 is 2.33 bits per heavy atom. The standard InChI is InChI=1S/C15H31N3/c1-5-6-12(2)18(4)15(11-16)9-13-7-8-14(10-15)17(13)3/h12-14H,5-11,16H2,1-4H3. The van der Waals surface area contributed by atoms with Gasteiger partial charge in [0.25, 0.3) is 0 Å². The number of fused-ring (bicyclic) bond motifs is 2. The van der Waals surface area contributed by atoms with E-state index >= 15 is 0 Å². The predicted octanol–water partition coefficient (Wildman–Crippen LogP) is 2.06. The molecule has 2 bridgehead atoms. The summed E-state index contributed by atoms with van der Waals surface area (Å²) in [5.74, 6) is 0. The Bertz CT molecular complexity index is 265. The summed E-state index contributed by atoms with van der Waals surface area (Å²) >= 11 is 0. The van der Waals surface area contributed by atoms with Crippen molar-refractivity contribution in [2.45, 2.75) is 76.0 Å². The Morgan fingerprint density at radius 1 is 1.33 bits per heavy atom. The van der Waals surface area contributed by atoms with Gasteiger partial charge in [-0.15, -0.1) is 0 Å². The van der Waals surface area contributed by atoms with Gasteiger partial charge in [-0.25, -0.2) is 0 Å². The highest BCUT2D eigenvalue weighted by molar-refractivity contribution is 5.06. The third kappa shape index (κ3) is 2.33. The molecule has 0 aromatic heterocycles. The zero-order valence-electron chi connectivity index (χ0n) is 12.7. The van der Waals surface area contributed by atoms with E-state index < -0.39 is 0 Å². The van der Waals surface area contributed by atoms with Gasteiger partial charge < -0.3 is 10.6 Å². The minimum atomic E-state index is 0.257. The molecule has 18 heavy (non-hydrogen) atoms.